The van der Waals surface area contributed by atoms with Gasteiger partial charge in [-0.15, -0.1) is 0 Å². The van der Waals surface area contributed by atoms with E-state index in [0.29, 0.717) is 10.7 Å². The van der Waals surface area contributed by atoms with Gasteiger partial charge in [-0.05, 0) is 48.4 Å². The van der Waals surface area contributed by atoms with E-state index in [4.69, 9.17) is 11.6 Å². The molecule has 7 heteroatoms. The van der Waals surface area contributed by atoms with Crippen LogP contribution in [0.2, 0.25) is 5.02 Å². The van der Waals surface area contributed by atoms with Gasteiger partial charge in [-0.25, -0.2) is 8.42 Å². The molecule has 0 fully saturated rings. The van der Waals surface area contributed by atoms with Crippen molar-refractivity contribution in [3.8, 4) is 0 Å². The van der Waals surface area contributed by atoms with E-state index in [1.165, 1.54) is 0 Å². The van der Waals surface area contributed by atoms with Gasteiger partial charge in [0.15, 0.2) is 0 Å². The van der Waals surface area contributed by atoms with Crippen LogP contribution >= 0.6 is 27.5 Å². The van der Waals surface area contributed by atoms with E-state index in [1.807, 2.05) is 0 Å². The summed E-state index contributed by atoms with van der Waals surface area (Å²) in [7, 11) is -3.65. The lowest BCUT2D eigenvalue weighted by molar-refractivity contribution is 0.601. The molecule has 4 nitrogen and oxygen atoms in total. The molecule has 0 saturated heterocycles. The van der Waals surface area contributed by atoms with E-state index >= 15 is 0 Å². The Labute approximate surface area is 136 Å². The zero-order valence-corrected chi connectivity index (χ0v) is 14.0. The third-order valence-electron chi connectivity index (χ3n) is 3.27. The fraction of sp³-hybridized carbons (Fsp3) is 0.143. The first kappa shape index (κ1) is 14.7. The number of anilines is 2. The second kappa shape index (κ2) is 5.51. The standard InChI is InChI=1S/C14H12BrClN2O2S/c15-10-1-3-14(12(16)8-10)18-21(19,20)11-2-4-13-9(7-11)5-6-17-13/h1-4,7-8,17-18H,5-6H2. The Hall–Kier alpha value is -1.24. The highest BCUT2D eigenvalue weighted by Gasteiger charge is 2.19. The van der Waals surface area contributed by atoms with Crippen LogP contribution in [-0.2, 0) is 16.4 Å². The highest BCUT2D eigenvalue weighted by molar-refractivity contribution is 9.10. The number of fused-ring (bicyclic) bond motifs is 1. The Balaban J connectivity index is 1.93. The molecular formula is C14H12BrClN2O2S. The van der Waals surface area contributed by atoms with Crippen LogP contribution < -0.4 is 10.0 Å². The summed E-state index contributed by atoms with van der Waals surface area (Å²) in [5.74, 6) is 0. The fourth-order valence-corrected chi connectivity index (χ4v) is 4.13. The van der Waals surface area contributed by atoms with Crippen LogP contribution in [0.3, 0.4) is 0 Å². The molecule has 0 atom stereocenters. The summed E-state index contributed by atoms with van der Waals surface area (Å²) < 4.78 is 28.2. The smallest absolute Gasteiger partial charge is 0.261 e. The molecule has 110 valence electrons. The topological polar surface area (TPSA) is 58.2 Å². The van der Waals surface area contributed by atoms with E-state index in [1.54, 1.807) is 36.4 Å². The van der Waals surface area contributed by atoms with Crippen LogP contribution in [0.4, 0.5) is 11.4 Å². The minimum absolute atomic E-state index is 0.240. The lowest BCUT2D eigenvalue weighted by Crippen LogP contribution is -2.13. The van der Waals surface area contributed by atoms with Gasteiger partial charge in [-0.1, -0.05) is 27.5 Å². The minimum Gasteiger partial charge on any atom is -0.384 e. The number of nitrogens with one attached hydrogen (secondary N) is 2. The lowest BCUT2D eigenvalue weighted by Gasteiger charge is -2.11. The molecule has 0 bridgehead atoms. The normalized spacial score (nSPS) is 13.6. The number of rotatable bonds is 3. The van der Waals surface area contributed by atoms with Gasteiger partial charge < -0.3 is 5.32 Å². The molecule has 2 N–H and O–H groups in total. The number of halogens is 2. The summed E-state index contributed by atoms with van der Waals surface area (Å²) >= 11 is 9.34. The zero-order chi connectivity index (χ0) is 15.0. The average Bonchev–Trinajstić information content (AvgIpc) is 2.89. The van der Waals surface area contributed by atoms with Crippen molar-refractivity contribution < 1.29 is 8.42 Å². The highest BCUT2D eigenvalue weighted by atomic mass is 79.9. The molecule has 2 aromatic carbocycles. The van der Waals surface area contributed by atoms with Gasteiger partial charge in [-0.2, -0.15) is 0 Å². The van der Waals surface area contributed by atoms with Gasteiger partial charge in [0.1, 0.15) is 0 Å². The zero-order valence-electron chi connectivity index (χ0n) is 10.9. The predicted octanol–water partition coefficient (Wildman–Crippen LogP) is 3.87. The Bertz CT molecular complexity index is 809. The summed E-state index contributed by atoms with van der Waals surface area (Å²) in [5, 5.41) is 3.55. The molecule has 0 spiro atoms. The molecule has 1 heterocycles. The maximum Gasteiger partial charge on any atom is 0.261 e. The van der Waals surface area contributed by atoms with Crippen LogP contribution in [0.5, 0.6) is 0 Å². The summed E-state index contributed by atoms with van der Waals surface area (Å²) in [6.07, 6.45) is 0.831. The molecule has 0 saturated carbocycles. The fourth-order valence-electron chi connectivity index (χ4n) is 2.22. The Morgan fingerprint density at radius 2 is 2.00 bits per heavy atom. The summed E-state index contributed by atoms with van der Waals surface area (Å²) in [5.41, 5.74) is 2.37. The third kappa shape index (κ3) is 3.02. The molecule has 21 heavy (non-hydrogen) atoms. The minimum atomic E-state index is -3.65. The van der Waals surface area contributed by atoms with Crippen molar-refractivity contribution in [2.75, 3.05) is 16.6 Å². The van der Waals surface area contributed by atoms with Gasteiger partial charge >= 0.3 is 0 Å². The van der Waals surface area contributed by atoms with Crippen LogP contribution in [0.1, 0.15) is 5.56 Å². The van der Waals surface area contributed by atoms with Crippen molar-refractivity contribution in [2.24, 2.45) is 0 Å². The molecule has 2 aromatic rings. The predicted molar refractivity (Wildman–Crippen MR) is 88.6 cm³/mol. The van der Waals surface area contributed by atoms with Crippen molar-refractivity contribution >= 4 is 48.9 Å². The molecule has 1 aliphatic heterocycles. The number of hydrogen-bond acceptors (Lipinski definition) is 3. The van der Waals surface area contributed by atoms with Crippen molar-refractivity contribution in [1.82, 2.24) is 0 Å². The second-order valence-corrected chi connectivity index (χ2v) is 7.73. The third-order valence-corrected chi connectivity index (χ3v) is 5.44. The molecule has 3 rings (SSSR count). The van der Waals surface area contributed by atoms with Crippen LogP contribution in [0.25, 0.3) is 0 Å². The molecule has 0 unspecified atom stereocenters. The van der Waals surface area contributed by atoms with E-state index < -0.39 is 10.0 Å². The second-order valence-electron chi connectivity index (χ2n) is 4.73. The molecule has 0 amide bonds. The molecule has 1 aliphatic rings. The van der Waals surface area contributed by atoms with Gasteiger partial charge in [0.05, 0.1) is 15.6 Å². The Kier molecular flexibility index (Phi) is 3.86. The SMILES string of the molecule is O=S(=O)(Nc1ccc(Br)cc1Cl)c1ccc2c(c1)CCN2. The van der Waals surface area contributed by atoms with Gasteiger partial charge in [-0.3, -0.25) is 4.72 Å². The summed E-state index contributed by atoms with van der Waals surface area (Å²) in [4.78, 5) is 0.240. The van der Waals surface area contributed by atoms with E-state index in [0.717, 1.165) is 28.7 Å². The Morgan fingerprint density at radius 3 is 2.76 bits per heavy atom. The van der Waals surface area contributed by atoms with E-state index in [9.17, 15) is 8.42 Å². The number of sulfonamides is 1. The molecule has 0 radical (unpaired) electrons. The van der Waals surface area contributed by atoms with E-state index in [-0.39, 0.29) is 4.90 Å². The van der Waals surface area contributed by atoms with Crippen molar-refractivity contribution in [3.05, 3.63) is 51.5 Å². The largest absolute Gasteiger partial charge is 0.384 e. The van der Waals surface area contributed by atoms with Crippen LogP contribution in [0, 0.1) is 0 Å². The highest BCUT2D eigenvalue weighted by Crippen LogP contribution is 2.29. The molecule has 0 aliphatic carbocycles. The summed E-state index contributed by atoms with van der Waals surface area (Å²) in [6.45, 7) is 0.838. The lowest BCUT2D eigenvalue weighted by atomic mass is 10.2. The maximum absolute atomic E-state index is 12.4. The summed E-state index contributed by atoms with van der Waals surface area (Å²) in [6, 6.07) is 10.1. The monoisotopic (exact) mass is 386 g/mol. The van der Waals surface area contributed by atoms with Crippen LogP contribution in [0.15, 0.2) is 45.8 Å². The van der Waals surface area contributed by atoms with Crippen LogP contribution in [-0.4, -0.2) is 15.0 Å². The van der Waals surface area contributed by atoms with Gasteiger partial charge in [0, 0.05) is 16.7 Å². The first-order chi connectivity index (χ1) is 9.95. The molecule has 0 aromatic heterocycles. The van der Waals surface area contributed by atoms with Crippen molar-refractivity contribution in [3.63, 3.8) is 0 Å². The Morgan fingerprint density at radius 1 is 1.19 bits per heavy atom. The number of hydrogen-bond donors (Lipinski definition) is 2. The average molecular weight is 388 g/mol. The quantitative estimate of drug-likeness (QED) is 0.840. The molecular weight excluding hydrogens is 376 g/mol. The van der Waals surface area contributed by atoms with Crippen molar-refractivity contribution in [2.45, 2.75) is 11.3 Å². The first-order valence-electron chi connectivity index (χ1n) is 6.30. The van der Waals surface area contributed by atoms with Crippen molar-refractivity contribution in [1.29, 1.82) is 0 Å². The maximum atomic E-state index is 12.4. The van der Waals surface area contributed by atoms with Gasteiger partial charge in [0.2, 0.25) is 0 Å². The first-order valence-corrected chi connectivity index (χ1v) is 8.96. The van der Waals surface area contributed by atoms with Gasteiger partial charge in [0.25, 0.3) is 10.0 Å². The van der Waals surface area contributed by atoms with E-state index in [2.05, 4.69) is 26.0 Å². The number of benzene rings is 2.